The van der Waals surface area contributed by atoms with Gasteiger partial charge in [0.1, 0.15) is 5.69 Å². The molecule has 2 aromatic heterocycles. The summed E-state index contributed by atoms with van der Waals surface area (Å²) in [6.45, 7) is 2.48. The highest BCUT2D eigenvalue weighted by Crippen LogP contribution is 2.20. The molecule has 0 atom stereocenters. The van der Waals surface area contributed by atoms with Gasteiger partial charge in [-0.05, 0) is 36.8 Å². The van der Waals surface area contributed by atoms with Gasteiger partial charge in [-0.25, -0.2) is 9.37 Å². The number of amides is 1. The number of rotatable bonds is 8. The van der Waals surface area contributed by atoms with Crippen molar-refractivity contribution in [1.29, 1.82) is 0 Å². The van der Waals surface area contributed by atoms with Crippen LogP contribution in [-0.4, -0.2) is 22.5 Å². The molecular formula is C24H24FN3O2. The number of halogens is 1. The van der Waals surface area contributed by atoms with Gasteiger partial charge in [-0.2, -0.15) is 0 Å². The van der Waals surface area contributed by atoms with Crippen molar-refractivity contribution in [3.8, 4) is 17.6 Å². The van der Waals surface area contributed by atoms with Gasteiger partial charge >= 0.3 is 0 Å². The number of nitrogens with zero attached hydrogens (tertiary/aromatic N) is 2. The van der Waals surface area contributed by atoms with E-state index in [1.807, 2.05) is 0 Å². The summed E-state index contributed by atoms with van der Waals surface area (Å²) in [6, 6.07) is 11.8. The van der Waals surface area contributed by atoms with E-state index in [1.54, 1.807) is 48.7 Å². The second kappa shape index (κ2) is 10.9. The minimum atomic E-state index is -0.479. The summed E-state index contributed by atoms with van der Waals surface area (Å²) in [5, 5.41) is 2.70. The summed E-state index contributed by atoms with van der Waals surface area (Å²) in [4.78, 5) is 20.9. The van der Waals surface area contributed by atoms with E-state index in [0.717, 1.165) is 19.3 Å². The molecule has 0 bridgehead atoms. The van der Waals surface area contributed by atoms with Crippen LogP contribution in [0.2, 0.25) is 0 Å². The van der Waals surface area contributed by atoms with Crippen LogP contribution in [-0.2, 0) is 6.54 Å². The molecule has 2 heterocycles. The van der Waals surface area contributed by atoms with Crippen molar-refractivity contribution >= 4 is 16.9 Å². The lowest BCUT2D eigenvalue weighted by molar-refractivity contribution is 0.0946. The average molecular weight is 405 g/mol. The first kappa shape index (κ1) is 21.3. The van der Waals surface area contributed by atoms with Crippen LogP contribution in [0.5, 0.6) is 5.75 Å². The van der Waals surface area contributed by atoms with E-state index in [-0.39, 0.29) is 23.9 Å². The maximum atomic E-state index is 14.7. The molecule has 5 nitrogen and oxygen atoms in total. The number of pyridine rings is 2. The van der Waals surface area contributed by atoms with Gasteiger partial charge < -0.3 is 10.1 Å². The molecule has 1 N–H and O–H groups in total. The summed E-state index contributed by atoms with van der Waals surface area (Å²) in [7, 11) is 0. The smallest absolute Gasteiger partial charge is 0.270 e. The highest BCUT2D eigenvalue weighted by Gasteiger charge is 2.12. The van der Waals surface area contributed by atoms with Crippen LogP contribution in [0.1, 0.15) is 48.7 Å². The van der Waals surface area contributed by atoms with Crippen LogP contribution >= 0.6 is 0 Å². The average Bonchev–Trinajstić information content (AvgIpc) is 2.78. The first-order valence-corrected chi connectivity index (χ1v) is 10.0. The Morgan fingerprint density at radius 3 is 2.83 bits per heavy atom. The predicted octanol–water partition coefficient (Wildman–Crippen LogP) is 4.66. The van der Waals surface area contributed by atoms with Gasteiger partial charge in [0, 0.05) is 31.1 Å². The van der Waals surface area contributed by atoms with Gasteiger partial charge in [0.2, 0.25) is 0 Å². The number of hydrogen-bond donors (Lipinski definition) is 1. The minimum Gasteiger partial charge on any atom is -0.490 e. The van der Waals surface area contributed by atoms with Crippen LogP contribution in [0.15, 0.2) is 48.7 Å². The van der Waals surface area contributed by atoms with Crippen LogP contribution in [0, 0.1) is 17.7 Å². The molecule has 6 heteroatoms. The van der Waals surface area contributed by atoms with Crippen molar-refractivity contribution in [2.45, 2.75) is 39.2 Å². The Kier molecular flexibility index (Phi) is 7.73. The topological polar surface area (TPSA) is 64.1 Å². The third kappa shape index (κ3) is 5.77. The number of hydrogen-bond acceptors (Lipinski definition) is 4. The number of carbonyl (C=O) groups is 1. The molecule has 0 aliphatic rings. The molecule has 0 saturated heterocycles. The number of unbranched alkanes of at least 4 members (excludes halogenated alkanes) is 2. The lowest BCUT2D eigenvalue weighted by Gasteiger charge is -2.10. The largest absolute Gasteiger partial charge is 0.490 e. The second-order valence-corrected chi connectivity index (χ2v) is 6.71. The molecular weight excluding hydrogens is 381 g/mol. The molecule has 0 radical (unpaired) electrons. The van der Waals surface area contributed by atoms with Crippen molar-refractivity contribution in [1.82, 2.24) is 15.3 Å². The zero-order valence-electron chi connectivity index (χ0n) is 17.0. The number of aromatic nitrogens is 2. The first-order valence-electron chi connectivity index (χ1n) is 10.0. The highest BCUT2D eigenvalue weighted by atomic mass is 19.1. The van der Waals surface area contributed by atoms with Crippen LogP contribution < -0.4 is 10.1 Å². The van der Waals surface area contributed by atoms with E-state index in [2.05, 4.69) is 34.0 Å². The Bertz CT molecular complexity index is 1070. The van der Waals surface area contributed by atoms with E-state index in [4.69, 9.17) is 4.74 Å². The maximum absolute atomic E-state index is 14.7. The summed E-state index contributed by atoms with van der Waals surface area (Å²) < 4.78 is 20.2. The van der Waals surface area contributed by atoms with Gasteiger partial charge in [0.15, 0.2) is 11.6 Å². The monoisotopic (exact) mass is 405 g/mol. The fourth-order valence-corrected chi connectivity index (χ4v) is 2.81. The fourth-order valence-electron chi connectivity index (χ4n) is 2.81. The summed E-state index contributed by atoms with van der Waals surface area (Å²) in [6.07, 6.45) is 5.30. The van der Waals surface area contributed by atoms with Crippen LogP contribution in [0.3, 0.4) is 0 Å². The minimum absolute atomic E-state index is 0.0332. The predicted molar refractivity (Wildman–Crippen MR) is 115 cm³/mol. The molecule has 0 aliphatic heterocycles. The summed E-state index contributed by atoms with van der Waals surface area (Å²) >= 11 is 0. The standard InChI is InChI=1S/C24H24FN3O2/c1-2-3-4-5-6-7-16-30-22-12-8-10-18(23(22)25)17-27-24(29)21-14-13-19-20(28-21)11-9-15-26-19/h8-15H,2-4,7,16-17H2,1H3,(H,27,29). The molecule has 0 saturated carbocycles. The van der Waals surface area contributed by atoms with E-state index < -0.39 is 5.82 Å². The van der Waals surface area contributed by atoms with Gasteiger partial charge in [0.05, 0.1) is 17.6 Å². The zero-order chi connectivity index (χ0) is 21.2. The second-order valence-electron chi connectivity index (χ2n) is 6.71. The number of carbonyl (C=O) groups excluding carboxylic acids is 1. The number of ether oxygens (including phenoxy) is 1. The molecule has 3 rings (SSSR count). The van der Waals surface area contributed by atoms with Crippen molar-refractivity contribution < 1.29 is 13.9 Å². The Morgan fingerprint density at radius 2 is 1.97 bits per heavy atom. The van der Waals surface area contributed by atoms with E-state index in [0.29, 0.717) is 29.6 Å². The normalized spacial score (nSPS) is 10.3. The van der Waals surface area contributed by atoms with E-state index in [9.17, 15) is 9.18 Å². The Balaban J connectivity index is 1.56. The fraction of sp³-hybridized carbons (Fsp3) is 0.292. The molecule has 30 heavy (non-hydrogen) atoms. The third-order valence-corrected chi connectivity index (χ3v) is 4.44. The molecule has 0 unspecified atom stereocenters. The molecule has 3 aromatic rings. The lowest BCUT2D eigenvalue weighted by Crippen LogP contribution is -2.24. The summed E-state index contributed by atoms with van der Waals surface area (Å²) in [5.74, 6) is 5.41. The highest BCUT2D eigenvalue weighted by molar-refractivity contribution is 5.94. The zero-order valence-corrected chi connectivity index (χ0v) is 17.0. The Morgan fingerprint density at radius 1 is 1.10 bits per heavy atom. The van der Waals surface area contributed by atoms with E-state index >= 15 is 0 Å². The third-order valence-electron chi connectivity index (χ3n) is 4.44. The molecule has 0 spiro atoms. The maximum Gasteiger partial charge on any atom is 0.270 e. The van der Waals surface area contributed by atoms with Crippen LogP contribution in [0.25, 0.3) is 11.0 Å². The molecule has 0 fully saturated rings. The van der Waals surface area contributed by atoms with Gasteiger partial charge in [-0.15, -0.1) is 5.92 Å². The lowest BCUT2D eigenvalue weighted by atomic mass is 10.2. The van der Waals surface area contributed by atoms with Gasteiger partial charge in [-0.3, -0.25) is 9.78 Å². The number of nitrogens with one attached hydrogen (secondary N) is 1. The van der Waals surface area contributed by atoms with Gasteiger partial charge in [-0.1, -0.05) is 31.4 Å². The van der Waals surface area contributed by atoms with Crippen LogP contribution in [0.4, 0.5) is 4.39 Å². The molecule has 154 valence electrons. The SMILES string of the molecule is CCCCC#CCCOc1cccc(CNC(=O)c2ccc3ncccc3n2)c1F. The van der Waals surface area contributed by atoms with Crippen molar-refractivity contribution in [3.05, 3.63) is 65.7 Å². The number of fused-ring (bicyclic) bond motifs is 1. The Hall–Kier alpha value is -3.46. The first-order chi connectivity index (χ1) is 14.7. The molecule has 0 aliphatic carbocycles. The van der Waals surface area contributed by atoms with Crippen molar-refractivity contribution in [2.24, 2.45) is 0 Å². The van der Waals surface area contributed by atoms with Crippen molar-refractivity contribution in [3.63, 3.8) is 0 Å². The molecule has 1 amide bonds. The quantitative estimate of drug-likeness (QED) is 0.437. The van der Waals surface area contributed by atoms with Crippen molar-refractivity contribution in [2.75, 3.05) is 6.61 Å². The summed E-state index contributed by atoms with van der Waals surface area (Å²) in [5.41, 5.74) is 1.94. The Labute approximate surface area is 175 Å². The van der Waals surface area contributed by atoms with Gasteiger partial charge in [0.25, 0.3) is 5.91 Å². The van der Waals surface area contributed by atoms with E-state index in [1.165, 1.54) is 0 Å². The molecule has 1 aromatic carbocycles. The number of benzene rings is 1.